The van der Waals surface area contributed by atoms with Crippen molar-refractivity contribution in [1.29, 1.82) is 0 Å². The summed E-state index contributed by atoms with van der Waals surface area (Å²) < 4.78 is 0. The Morgan fingerprint density at radius 3 is 2.00 bits per heavy atom. The topological polar surface area (TPSA) is 0 Å². The van der Waals surface area contributed by atoms with Gasteiger partial charge in [-0.15, -0.1) is 0 Å². The van der Waals surface area contributed by atoms with Gasteiger partial charge in [-0.2, -0.15) is 13.8 Å². The molecule has 0 N–H and O–H groups in total. The molecule has 0 aliphatic carbocycles. The van der Waals surface area contributed by atoms with Crippen molar-refractivity contribution in [2.75, 3.05) is 0 Å². The molecule has 0 rings (SSSR count). The molecule has 0 aromatic rings. The first kappa shape index (κ1) is 30.9. The largest absolute Gasteiger partial charge is 0.534 e. The zero-order chi connectivity index (χ0) is 7.82. The number of allylic oxidation sites excluding steroid dienone is 1. The van der Waals surface area contributed by atoms with Crippen LogP contribution in [0.25, 0.3) is 0 Å². The second-order valence-corrected chi connectivity index (χ2v) is 2.52. The van der Waals surface area contributed by atoms with Crippen molar-refractivity contribution in [3.63, 3.8) is 0 Å². The standard InChI is InChI=1S/C10H16.4Y/c1-4-6-7-9-10(3)8-5-2;;;;/h5,7H,1,6,8-9H2,2-3H3;;;;/q-4;;;;. The molecule has 0 nitrogen and oxygen atoms in total. The van der Waals surface area contributed by atoms with Crippen molar-refractivity contribution >= 4 is 0 Å². The van der Waals surface area contributed by atoms with Crippen LogP contribution < -0.4 is 0 Å². The van der Waals surface area contributed by atoms with Gasteiger partial charge in [-0.1, -0.05) is 0 Å². The van der Waals surface area contributed by atoms with Crippen LogP contribution in [0, 0.1) is 24.8 Å². The van der Waals surface area contributed by atoms with Crippen LogP contribution in [0.5, 0.6) is 0 Å². The Hall–Kier alpha value is 4.16. The van der Waals surface area contributed by atoms with Gasteiger partial charge < -0.3 is 44.1 Å². The molecule has 0 aliphatic rings. The fourth-order valence-corrected chi connectivity index (χ4v) is 0.852. The van der Waals surface area contributed by atoms with E-state index < -0.39 is 0 Å². The Morgan fingerprint density at radius 1 is 1.14 bits per heavy atom. The molecule has 0 atom stereocenters. The molecular weight excluding hydrogens is 476 g/mol. The summed E-state index contributed by atoms with van der Waals surface area (Å²) in [6, 6.07) is 0. The first-order valence-electron chi connectivity index (χ1n) is 3.72. The van der Waals surface area contributed by atoms with Gasteiger partial charge in [0.05, 0.1) is 0 Å². The molecule has 0 aromatic heterocycles. The molecule has 0 heterocycles. The summed E-state index contributed by atoms with van der Waals surface area (Å²) in [6.07, 6.45) is 10.4. The van der Waals surface area contributed by atoms with Gasteiger partial charge in [-0.3, -0.25) is 6.58 Å². The van der Waals surface area contributed by atoms with Crippen LogP contribution in [0.1, 0.15) is 33.1 Å². The van der Waals surface area contributed by atoms with E-state index in [9.17, 15) is 0 Å². The van der Waals surface area contributed by atoms with Crippen LogP contribution in [-0.4, -0.2) is 0 Å². The van der Waals surface area contributed by atoms with Gasteiger partial charge in [-0.05, 0) is 0 Å². The van der Waals surface area contributed by atoms with Crippen molar-refractivity contribution in [1.82, 2.24) is 0 Å². The summed E-state index contributed by atoms with van der Waals surface area (Å²) >= 11 is 0. The van der Waals surface area contributed by atoms with Crippen molar-refractivity contribution in [2.24, 2.45) is 0 Å². The second-order valence-electron chi connectivity index (χ2n) is 2.52. The van der Waals surface area contributed by atoms with Crippen LogP contribution in [0.2, 0.25) is 0 Å². The molecule has 0 amide bonds. The summed E-state index contributed by atoms with van der Waals surface area (Å²) in [7, 11) is 0. The Kier molecular flexibility index (Phi) is 57.1. The number of hydrogen-bond acceptors (Lipinski definition) is 0. The minimum atomic E-state index is 0. The van der Waals surface area contributed by atoms with Crippen molar-refractivity contribution in [3.05, 3.63) is 31.4 Å². The quantitative estimate of drug-likeness (QED) is 0.396. The third-order valence-corrected chi connectivity index (χ3v) is 1.33. The SMILES string of the molecule is C=[C-]C[CH-]C[C-](C)C[CH-]C.[Y].[Y].[Y].[Y]. The maximum absolute atomic E-state index is 3.53. The zero-order valence-corrected chi connectivity index (χ0v) is 20.6. The monoisotopic (exact) mass is 492 g/mol. The first-order valence-corrected chi connectivity index (χ1v) is 3.72. The number of hydrogen-bond donors (Lipinski definition) is 0. The normalized spacial score (nSPS) is 7.36. The molecule has 0 bridgehead atoms. The molecule has 0 saturated heterocycles. The summed E-state index contributed by atoms with van der Waals surface area (Å²) in [4.78, 5) is 0. The van der Waals surface area contributed by atoms with Gasteiger partial charge in [0.1, 0.15) is 0 Å². The van der Waals surface area contributed by atoms with Crippen LogP contribution in [0.15, 0.2) is 6.58 Å². The molecule has 14 heavy (non-hydrogen) atoms. The third-order valence-electron chi connectivity index (χ3n) is 1.33. The summed E-state index contributed by atoms with van der Waals surface area (Å²) in [5.41, 5.74) is 0. The minimum absolute atomic E-state index is 0. The van der Waals surface area contributed by atoms with Gasteiger partial charge >= 0.3 is 0 Å². The molecule has 72 valence electrons. The fourth-order valence-electron chi connectivity index (χ4n) is 0.852. The molecule has 0 spiro atoms. The van der Waals surface area contributed by atoms with E-state index in [0.717, 1.165) is 19.3 Å². The van der Waals surface area contributed by atoms with E-state index in [-0.39, 0.29) is 131 Å². The first-order chi connectivity index (χ1) is 4.81. The van der Waals surface area contributed by atoms with Gasteiger partial charge in [0.15, 0.2) is 0 Å². The van der Waals surface area contributed by atoms with E-state index in [1.54, 1.807) is 0 Å². The average molecular weight is 492 g/mol. The predicted octanol–water partition coefficient (Wildman–Crippen LogP) is 3.16. The third kappa shape index (κ3) is 25.1. The zero-order valence-electron chi connectivity index (χ0n) is 9.29. The molecule has 0 aliphatic heterocycles. The number of rotatable bonds is 6. The molecule has 4 radical (unpaired) electrons. The van der Waals surface area contributed by atoms with E-state index in [1.165, 1.54) is 5.92 Å². The summed E-state index contributed by atoms with van der Waals surface area (Å²) in [6.45, 7) is 7.80. The van der Waals surface area contributed by atoms with E-state index in [1.807, 2.05) is 0 Å². The Labute approximate surface area is 191 Å². The van der Waals surface area contributed by atoms with Crippen LogP contribution in [0.3, 0.4) is 0 Å². The van der Waals surface area contributed by atoms with Crippen molar-refractivity contribution in [3.8, 4) is 0 Å². The summed E-state index contributed by atoms with van der Waals surface area (Å²) in [5.74, 6) is 1.51. The van der Waals surface area contributed by atoms with E-state index >= 15 is 0 Å². The molecule has 0 fully saturated rings. The van der Waals surface area contributed by atoms with Crippen LogP contribution in [0.4, 0.5) is 0 Å². The van der Waals surface area contributed by atoms with E-state index in [4.69, 9.17) is 0 Å². The fraction of sp³-hybridized carbons (Fsp3) is 0.500. The molecule has 4 heteroatoms. The van der Waals surface area contributed by atoms with Gasteiger partial charge in [0, 0.05) is 131 Å². The average Bonchev–Trinajstić information content (AvgIpc) is 1.89. The maximum atomic E-state index is 3.53. The summed E-state index contributed by atoms with van der Waals surface area (Å²) in [5, 5.41) is 0. The molecular formula is C10H16Y4-4. The van der Waals surface area contributed by atoms with Crippen molar-refractivity contribution in [2.45, 2.75) is 33.1 Å². The molecule has 0 unspecified atom stereocenters. The predicted molar refractivity (Wildman–Crippen MR) is 45.9 cm³/mol. The smallest absolute Gasteiger partial charge is 0 e. The molecule has 0 aromatic carbocycles. The Morgan fingerprint density at radius 2 is 1.64 bits per heavy atom. The minimum Gasteiger partial charge on any atom is -0.534 e. The van der Waals surface area contributed by atoms with E-state index in [0.29, 0.717) is 0 Å². The number of unbranched alkanes of at least 4 members (excludes halogenated alkanes) is 1. The van der Waals surface area contributed by atoms with Crippen LogP contribution in [-0.2, 0) is 131 Å². The van der Waals surface area contributed by atoms with Crippen LogP contribution >= 0.6 is 0 Å². The van der Waals surface area contributed by atoms with Gasteiger partial charge in [0.2, 0.25) is 0 Å². The second kappa shape index (κ2) is 25.9. The van der Waals surface area contributed by atoms with Gasteiger partial charge in [0.25, 0.3) is 0 Å². The van der Waals surface area contributed by atoms with E-state index in [2.05, 4.69) is 39.3 Å². The maximum Gasteiger partial charge on any atom is 0 e. The Bertz CT molecular complexity index is 86.2. The Balaban J connectivity index is -0.0000000675. The van der Waals surface area contributed by atoms with Crippen molar-refractivity contribution < 1.29 is 131 Å². The molecule has 0 saturated carbocycles. The van der Waals surface area contributed by atoms with Gasteiger partial charge in [-0.25, -0.2) is 0 Å².